The second-order valence-corrected chi connectivity index (χ2v) is 5.52. The first-order valence-electron chi connectivity index (χ1n) is 6.10. The Morgan fingerprint density at radius 2 is 1.80 bits per heavy atom. The van der Waals surface area contributed by atoms with E-state index in [1.807, 2.05) is 0 Å². The van der Waals surface area contributed by atoms with E-state index >= 15 is 0 Å². The van der Waals surface area contributed by atoms with Crippen LogP contribution in [-0.4, -0.2) is 55.6 Å². The molecule has 1 fully saturated rings. The molecule has 1 aliphatic rings. The predicted octanol–water partition coefficient (Wildman–Crippen LogP) is 0.997. The molecule has 0 radical (unpaired) electrons. The lowest BCUT2D eigenvalue weighted by molar-refractivity contribution is 0.0581. The molecule has 0 atom stereocenters. The van der Waals surface area contributed by atoms with Crippen LogP contribution in [0.4, 0.5) is 0 Å². The molecule has 0 aliphatic carbocycles. The molecule has 3 heteroatoms. The van der Waals surface area contributed by atoms with E-state index in [1.54, 1.807) is 0 Å². The van der Waals surface area contributed by atoms with E-state index in [0.717, 1.165) is 12.5 Å². The number of nitrogens with two attached hydrogens (primary N) is 1. The van der Waals surface area contributed by atoms with Crippen molar-refractivity contribution in [1.82, 2.24) is 9.80 Å². The molecule has 0 unspecified atom stereocenters. The lowest BCUT2D eigenvalue weighted by atomic mass is 9.86. The predicted molar refractivity (Wildman–Crippen MR) is 66.0 cm³/mol. The van der Waals surface area contributed by atoms with Crippen molar-refractivity contribution in [3.05, 3.63) is 0 Å². The number of piperidine rings is 1. The van der Waals surface area contributed by atoms with Crippen LogP contribution in [-0.2, 0) is 0 Å². The van der Waals surface area contributed by atoms with Crippen molar-refractivity contribution in [2.75, 3.05) is 40.3 Å². The number of likely N-dealkylation sites (tertiary alicyclic amines) is 1. The van der Waals surface area contributed by atoms with Gasteiger partial charge in [-0.05, 0) is 45.9 Å². The Kier molecular flexibility index (Phi) is 4.56. The molecule has 3 nitrogen and oxygen atoms in total. The number of hydrogen-bond acceptors (Lipinski definition) is 3. The molecule has 0 bridgehead atoms. The molecule has 2 N–H and O–H groups in total. The average molecular weight is 213 g/mol. The molecule has 1 heterocycles. The van der Waals surface area contributed by atoms with E-state index in [2.05, 4.69) is 37.7 Å². The van der Waals surface area contributed by atoms with Gasteiger partial charge in [0.2, 0.25) is 0 Å². The van der Waals surface area contributed by atoms with Crippen molar-refractivity contribution >= 4 is 0 Å². The summed E-state index contributed by atoms with van der Waals surface area (Å²) in [7, 11) is 4.32. The van der Waals surface area contributed by atoms with Gasteiger partial charge in [-0.2, -0.15) is 0 Å². The smallest absolute Gasteiger partial charge is 0.0349 e. The maximum atomic E-state index is 5.93. The summed E-state index contributed by atoms with van der Waals surface area (Å²) >= 11 is 0. The number of nitrogens with zero attached hydrogens (tertiary/aromatic N) is 2. The van der Waals surface area contributed by atoms with Gasteiger partial charge >= 0.3 is 0 Å². The van der Waals surface area contributed by atoms with Gasteiger partial charge in [0, 0.05) is 18.6 Å². The van der Waals surface area contributed by atoms with Gasteiger partial charge in [0.05, 0.1) is 0 Å². The standard InChI is InChI=1S/C12H27N3/c1-11(2)9-15-7-5-12(10-13,6-8-15)14(3)4/h11H,5-10,13H2,1-4H3. The molecule has 0 aromatic carbocycles. The summed E-state index contributed by atoms with van der Waals surface area (Å²) in [6, 6.07) is 0. The zero-order chi connectivity index (χ0) is 11.5. The second-order valence-electron chi connectivity index (χ2n) is 5.52. The van der Waals surface area contributed by atoms with Crippen molar-refractivity contribution in [1.29, 1.82) is 0 Å². The van der Waals surface area contributed by atoms with Crippen molar-refractivity contribution in [3.8, 4) is 0 Å². The van der Waals surface area contributed by atoms with Crippen LogP contribution in [0, 0.1) is 5.92 Å². The third kappa shape index (κ3) is 3.16. The average Bonchev–Trinajstić information content (AvgIpc) is 2.18. The minimum Gasteiger partial charge on any atom is -0.329 e. The summed E-state index contributed by atoms with van der Waals surface area (Å²) < 4.78 is 0. The van der Waals surface area contributed by atoms with Crippen LogP contribution in [0.15, 0.2) is 0 Å². The van der Waals surface area contributed by atoms with E-state index in [-0.39, 0.29) is 5.54 Å². The highest BCUT2D eigenvalue weighted by molar-refractivity contribution is 4.94. The van der Waals surface area contributed by atoms with Crippen LogP contribution in [0.2, 0.25) is 0 Å². The topological polar surface area (TPSA) is 32.5 Å². The first-order valence-corrected chi connectivity index (χ1v) is 6.10. The fourth-order valence-electron chi connectivity index (χ4n) is 2.50. The molecule has 1 saturated heterocycles. The molecule has 0 amide bonds. The second kappa shape index (κ2) is 5.28. The summed E-state index contributed by atoms with van der Waals surface area (Å²) in [6.07, 6.45) is 2.42. The van der Waals surface area contributed by atoms with Gasteiger partial charge in [-0.25, -0.2) is 0 Å². The molecular weight excluding hydrogens is 186 g/mol. The summed E-state index contributed by atoms with van der Waals surface area (Å²) in [6.45, 7) is 9.00. The summed E-state index contributed by atoms with van der Waals surface area (Å²) in [5, 5.41) is 0. The lowest BCUT2D eigenvalue weighted by Crippen LogP contribution is -2.57. The Balaban J connectivity index is 2.46. The van der Waals surface area contributed by atoms with Gasteiger partial charge in [-0.1, -0.05) is 13.8 Å². The van der Waals surface area contributed by atoms with Crippen LogP contribution in [0.5, 0.6) is 0 Å². The molecule has 1 aliphatic heterocycles. The highest BCUT2D eigenvalue weighted by atomic mass is 15.2. The van der Waals surface area contributed by atoms with E-state index in [9.17, 15) is 0 Å². The molecule has 0 aromatic rings. The number of likely N-dealkylation sites (N-methyl/N-ethyl adjacent to an activating group) is 1. The van der Waals surface area contributed by atoms with Gasteiger partial charge in [0.1, 0.15) is 0 Å². The van der Waals surface area contributed by atoms with Crippen molar-refractivity contribution < 1.29 is 0 Å². The summed E-state index contributed by atoms with van der Waals surface area (Å²) in [4.78, 5) is 4.89. The summed E-state index contributed by atoms with van der Waals surface area (Å²) in [5.41, 5.74) is 6.18. The maximum Gasteiger partial charge on any atom is 0.0349 e. The van der Waals surface area contributed by atoms with Crippen LogP contribution < -0.4 is 5.73 Å². The zero-order valence-corrected chi connectivity index (χ0v) is 10.8. The Labute approximate surface area is 94.6 Å². The monoisotopic (exact) mass is 213 g/mol. The van der Waals surface area contributed by atoms with Crippen molar-refractivity contribution in [3.63, 3.8) is 0 Å². The molecule has 0 spiro atoms. The quantitative estimate of drug-likeness (QED) is 0.756. The lowest BCUT2D eigenvalue weighted by Gasteiger charge is -2.46. The molecular formula is C12H27N3. The zero-order valence-electron chi connectivity index (χ0n) is 10.8. The summed E-state index contributed by atoms with van der Waals surface area (Å²) in [5.74, 6) is 0.773. The van der Waals surface area contributed by atoms with E-state index in [0.29, 0.717) is 0 Å². The molecule has 1 rings (SSSR count). The molecule has 90 valence electrons. The molecule has 0 saturated carbocycles. The van der Waals surface area contributed by atoms with E-state index < -0.39 is 0 Å². The van der Waals surface area contributed by atoms with Gasteiger partial charge in [0.15, 0.2) is 0 Å². The van der Waals surface area contributed by atoms with E-state index in [4.69, 9.17) is 5.73 Å². The maximum absolute atomic E-state index is 5.93. The van der Waals surface area contributed by atoms with Gasteiger partial charge < -0.3 is 15.5 Å². The Hall–Kier alpha value is -0.120. The minimum atomic E-state index is 0.257. The number of rotatable bonds is 4. The largest absolute Gasteiger partial charge is 0.329 e. The number of hydrogen-bond donors (Lipinski definition) is 1. The fraction of sp³-hybridized carbons (Fsp3) is 1.00. The molecule has 15 heavy (non-hydrogen) atoms. The van der Waals surface area contributed by atoms with Gasteiger partial charge in [-0.15, -0.1) is 0 Å². The Morgan fingerprint density at radius 3 is 2.13 bits per heavy atom. The van der Waals surface area contributed by atoms with Gasteiger partial charge in [-0.3, -0.25) is 0 Å². The minimum absolute atomic E-state index is 0.257. The van der Waals surface area contributed by atoms with Gasteiger partial charge in [0.25, 0.3) is 0 Å². The van der Waals surface area contributed by atoms with Crippen molar-refractivity contribution in [2.45, 2.75) is 32.2 Å². The molecule has 0 aromatic heterocycles. The first kappa shape index (κ1) is 12.9. The van der Waals surface area contributed by atoms with Crippen LogP contribution in [0.1, 0.15) is 26.7 Å². The first-order chi connectivity index (χ1) is 7.00. The highest BCUT2D eigenvalue weighted by Crippen LogP contribution is 2.26. The third-order valence-corrected chi connectivity index (χ3v) is 3.74. The van der Waals surface area contributed by atoms with Crippen LogP contribution in [0.25, 0.3) is 0 Å². The highest BCUT2D eigenvalue weighted by Gasteiger charge is 2.35. The normalized spacial score (nSPS) is 22.6. The Bertz CT molecular complexity index is 181. The van der Waals surface area contributed by atoms with Crippen molar-refractivity contribution in [2.24, 2.45) is 11.7 Å². The Morgan fingerprint density at radius 1 is 1.27 bits per heavy atom. The third-order valence-electron chi connectivity index (χ3n) is 3.74. The van der Waals surface area contributed by atoms with Crippen LogP contribution in [0.3, 0.4) is 0 Å². The van der Waals surface area contributed by atoms with E-state index in [1.165, 1.54) is 32.5 Å². The fourth-order valence-corrected chi connectivity index (χ4v) is 2.50. The van der Waals surface area contributed by atoms with Crippen LogP contribution >= 0.6 is 0 Å². The SMILES string of the molecule is CC(C)CN1CCC(CN)(N(C)C)CC1.